The zero-order valence-electron chi connectivity index (χ0n) is 12.2. The third-order valence-corrected chi connectivity index (χ3v) is 6.15. The second-order valence-electron chi connectivity index (χ2n) is 5.61. The van der Waals surface area contributed by atoms with Gasteiger partial charge in [0.15, 0.2) is 9.84 Å². The molecule has 1 aliphatic rings. The van der Waals surface area contributed by atoms with E-state index in [-0.39, 0.29) is 17.5 Å². The van der Waals surface area contributed by atoms with Gasteiger partial charge in [-0.25, -0.2) is 8.42 Å². The molecule has 0 radical (unpaired) electrons. The molecule has 116 valence electrons. The highest BCUT2D eigenvalue weighted by Crippen LogP contribution is 2.28. The number of para-hydroxylation sites is 1. The van der Waals surface area contributed by atoms with Crippen LogP contribution in [0.1, 0.15) is 12.0 Å². The molecule has 2 aromatic rings. The van der Waals surface area contributed by atoms with Crippen LogP contribution in [0.15, 0.2) is 54.6 Å². The Morgan fingerprint density at radius 1 is 1.05 bits per heavy atom. The fraction of sp³-hybridized carbons (Fsp3) is 0.294. The zero-order valence-corrected chi connectivity index (χ0v) is 13.7. The van der Waals surface area contributed by atoms with E-state index in [1.54, 1.807) is 0 Å². The Labute approximate surface area is 136 Å². The molecule has 0 unspecified atom stereocenters. The molecule has 1 aliphatic heterocycles. The molecule has 0 aromatic heterocycles. The Balaban J connectivity index is 1.92. The summed E-state index contributed by atoms with van der Waals surface area (Å²) in [4.78, 5) is 2.16. The van der Waals surface area contributed by atoms with Crippen LogP contribution in [-0.4, -0.2) is 26.0 Å². The van der Waals surface area contributed by atoms with Gasteiger partial charge in [0.25, 0.3) is 0 Å². The second-order valence-corrected chi connectivity index (χ2v) is 8.25. The largest absolute Gasteiger partial charge is 0.363 e. The first-order valence-corrected chi connectivity index (χ1v) is 9.51. The molecule has 1 atom stereocenters. The number of nitrogens with zero attached hydrogens (tertiary/aromatic N) is 1. The minimum Gasteiger partial charge on any atom is -0.363 e. The predicted molar refractivity (Wildman–Crippen MR) is 91.1 cm³/mol. The quantitative estimate of drug-likeness (QED) is 0.857. The maximum atomic E-state index is 11.8. The number of hydrogen-bond acceptors (Lipinski definition) is 3. The molecule has 1 fully saturated rings. The van der Waals surface area contributed by atoms with Crippen LogP contribution >= 0.6 is 11.6 Å². The summed E-state index contributed by atoms with van der Waals surface area (Å²) < 4.78 is 23.7. The van der Waals surface area contributed by atoms with Gasteiger partial charge in [0, 0.05) is 23.3 Å². The third-order valence-electron chi connectivity index (χ3n) is 4.04. The molecular formula is C17H18ClNO2S. The van der Waals surface area contributed by atoms with Gasteiger partial charge in [-0.05, 0) is 30.2 Å². The number of benzene rings is 2. The summed E-state index contributed by atoms with van der Waals surface area (Å²) in [5.74, 6) is 0.482. The summed E-state index contributed by atoms with van der Waals surface area (Å²) >= 11 is 6.27. The fourth-order valence-corrected chi connectivity index (χ4v) is 4.81. The Morgan fingerprint density at radius 2 is 1.73 bits per heavy atom. The lowest BCUT2D eigenvalue weighted by atomic mass is 10.1. The first-order chi connectivity index (χ1) is 10.6. The van der Waals surface area contributed by atoms with Gasteiger partial charge >= 0.3 is 0 Å². The van der Waals surface area contributed by atoms with Gasteiger partial charge in [-0.2, -0.15) is 0 Å². The Bertz CT molecular complexity index is 746. The lowest BCUT2D eigenvalue weighted by Crippen LogP contribution is -2.35. The number of hydrogen-bond donors (Lipinski definition) is 0. The minimum atomic E-state index is -2.93. The van der Waals surface area contributed by atoms with Crippen LogP contribution in [0.4, 0.5) is 5.69 Å². The number of rotatable bonds is 4. The van der Waals surface area contributed by atoms with Crippen LogP contribution < -0.4 is 4.90 Å². The van der Waals surface area contributed by atoms with Crippen LogP contribution in [0.2, 0.25) is 5.02 Å². The van der Waals surface area contributed by atoms with Crippen LogP contribution in [0.5, 0.6) is 0 Å². The smallest absolute Gasteiger partial charge is 0.152 e. The van der Waals surface area contributed by atoms with E-state index < -0.39 is 9.84 Å². The zero-order chi connectivity index (χ0) is 15.6. The van der Waals surface area contributed by atoms with Crippen LogP contribution in [0, 0.1) is 0 Å². The van der Waals surface area contributed by atoms with Gasteiger partial charge in [-0.1, -0.05) is 48.0 Å². The molecule has 0 saturated carbocycles. The molecule has 3 nitrogen and oxygen atoms in total. The van der Waals surface area contributed by atoms with Gasteiger partial charge in [0.05, 0.1) is 11.5 Å². The van der Waals surface area contributed by atoms with Gasteiger partial charge in [0.1, 0.15) is 0 Å². The minimum absolute atomic E-state index is 0.00340. The molecule has 0 aliphatic carbocycles. The van der Waals surface area contributed by atoms with E-state index in [9.17, 15) is 8.42 Å². The number of halogens is 1. The van der Waals surface area contributed by atoms with Crippen LogP contribution in [-0.2, 0) is 16.4 Å². The Kier molecular flexibility index (Phi) is 4.41. The highest BCUT2D eigenvalue weighted by atomic mass is 35.5. The molecular weight excluding hydrogens is 318 g/mol. The highest BCUT2D eigenvalue weighted by molar-refractivity contribution is 7.91. The van der Waals surface area contributed by atoms with Crippen molar-refractivity contribution in [3.05, 3.63) is 65.2 Å². The molecule has 1 heterocycles. The second kappa shape index (κ2) is 6.31. The monoisotopic (exact) mass is 335 g/mol. The molecule has 5 heteroatoms. The molecule has 0 N–H and O–H groups in total. The average molecular weight is 336 g/mol. The van der Waals surface area contributed by atoms with Crippen LogP contribution in [0.3, 0.4) is 0 Å². The first-order valence-electron chi connectivity index (χ1n) is 7.31. The normalized spacial score (nSPS) is 20.0. The lowest BCUT2D eigenvalue weighted by molar-refractivity contribution is 0.599. The van der Waals surface area contributed by atoms with Crippen molar-refractivity contribution in [1.29, 1.82) is 0 Å². The standard InChI is InChI=1S/C17H18ClNO2S/c18-17-9-5-4-6-14(17)12-19(15-7-2-1-3-8-15)16-10-11-22(20,21)13-16/h1-9,16H,10-13H2/t16-/m0/s1. The van der Waals surface area contributed by atoms with Crippen molar-refractivity contribution in [3.63, 3.8) is 0 Å². The van der Waals surface area contributed by atoms with Gasteiger partial charge < -0.3 is 4.90 Å². The van der Waals surface area contributed by atoms with Gasteiger partial charge in [-0.3, -0.25) is 0 Å². The average Bonchev–Trinajstić information content (AvgIpc) is 2.87. The van der Waals surface area contributed by atoms with Crippen molar-refractivity contribution in [3.8, 4) is 0 Å². The summed E-state index contributed by atoms with van der Waals surface area (Å²) in [5, 5.41) is 0.712. The third kappa shape index (κ3) is 3.45. The summed E-state index contributed by atoms with van der Waals surface area (Å²) in [6.07, 6.45) is 0.668. The molecule has 0 bridgehead atoms. The van der Waals surface area contributed by atoms with E-state index in [1.807, 2.05) is 54.6 Å². The summed E-state index contributed by atoms with van der Waals surface area (Å²) in [6, 6.07) is 17.6. The molecule has 1 saturated heterocycles. The van der Waals surface area contributed by atoms with E-state index in [0.29, 0.717) is 18.0 Å². The molecule has 3 rings (SSSR count). The molecule has 2 aromatic carbocycles. The van der Waals surface area contributed by atoms with Crippen molar-refractivity contribution in [2.75, 3.05) is 16.4 Å². The Hall–Kier alpha value is -1.52. The molecule has 22 heavy (non-hydrogen) atoms. The highest BCUT2D eigenvalue weighted by Gasteiger charge is 2.32. The maximum absolute atomic E-state index is 11.8. The van der Waals surface area contributed by atoms with Crippen molar-refractivity contribution >= 4 is 27.1 Å². The summed E-state index contributed by atoms with van der Waals surface area (Å²) in [7, 11) is -2.93. The summed E-state index contributed by atoms with van der Waals surface area (Å²) in [6.45, 7) is 0.615. The van der Waals surface area contributed by atoms with Crippen molar-refractivity contribution in [2.24, 2.45) is 0 Å². The van der Waals surface area contributed by atoms with Crippen molar-refractivity contribution in [1.82, 2.24) is 0 Å². The predicted octanol–water partition coefficient (Wildman–Crippen LogP) is 3.53. The molecule has 0 spiro atoms. The SMILES string of the molecule is O=S1(=O)CC[C@H](N(Cc2ccccc2Cl)c2ccccc2)C1. The molecule has 0 amide bonds. The van der Waals surface area contributed by atoms with Crippen molar-refractivity contribution in [2.45, 2.75) is 19.0 Å². The number of sulfone groups is 1. The lowest BCUT2D eigenvalue weighted by Gasteiger charge is -2.31. The van der Waals surface area contributed by atoms with E-state index in [2.05, 4.69) is 4.90 Å². The van der Waals surface area contributed by atoms with E-state index in [0.717, 1.165) is 11.3 Å². The first kappa shape index (κ1) is 15.4. The number of anilines is 1. The topological polar surface area (TPSA) is 37.4 Å². The van der Waals surface area contributed by atoms with Crippen LogP contribution in [0.25, 0.3) is 0 Å². The van der Waals surface area contributed by atoms with E-state index in [4.69, 9.17) is 11.6 Å². The van der Waals surface area contributed by atoms with E-state index >= 15 is 0 Å². The fourth-order valence-electron chi connectivity index (χ4n) is 2.88. The Morgan fingerprint density at radius 3 is 2.36 bits per heavy atom. The van der Waals surface area contributed by atoms with Crippen molar-refractivity contribution < 1.29 is 8.42 Å². The van der Waals surface area contributed by atoms with E-state index in [1.165, 1.54) is 0 Å². The van der Waals surface area contributed by atoms with Gasteiger partial charge in [0.2, 0.25) is 0 Å². The summed E-state index contributed by atoms with van der Waals surface area (Å²) in [5.41, 5.74) is 2.04. The maximum Gasteiger partial charge on any atom is 0.152 e. The van der Waals surface area contributed by atoms with Gasteiger partial charge in [-0.15, -0.1) is 0 Å².